The van der Waals surface area contributed by atoms with E-state index in [1.807, 2.05) is 26.0 Å². The van der Waals surface area contributed by atoms with E-state index in [2.05, 4.69) is 18.3 Å². The summed E-state index contributed by atoms with van der Waals surface area (Å²) in [6.45, 7) is 7.93. The summed E-state index contributed by atoms with van der Waals surface area (Å²) in [5.74, 6) is 1.55. The minimum absolute atomic E-state index is 0.355. The summed E-state index contributed by atoms with van der Waals surface area (Å²) in [5, 5.41) is 3.56. The van der Waals surface area contributed by atoms with Crippen LogP contribution in [0, 0.1) is 0 Å². The molecule has 1 unspecified atom stereocenters. The topological polar surface area (TPSA) is 39.7 Å². The third-order valence-corrected chi connectivity index (χ3v) is 4.34. The molecule has 2 atom stereocenters. The van der Waals surface area contributed by atoms with Gasteiger partial charge >= 0.3 is 0 Å². The van der Waals surface area contributed by atoms with E-state index in [9.17, 15) is 0 Å². The van der Waals surface area contributed by atoms with Crippen LogP contribution in [-0.2, 0) is 11.2 Å². The van der Waals surface area contributed by atoms with Gasteiger partial charge in [-0.3, -0.25) is 0 Å². The minimum atomic E-state index is 0.355. The fourth-order valence-electron chi connectivity index (χ4n) is 3.16. The summed E-state index contributed by atoms with van der Waals surface area (Å²) < 4.78 is 16.8. The maximum absolute atomic E-state index is 6.15. The Labute approximate surface area is 147 Å². The van der Waals surface area contributed by atoms with Crippen LogP contribution >= 0.6 is 0 Å². The zero-order chi connectivity index (χ0) is 17.8. The molecule has 1 fully saturated rings. The first kappa shape index (κ1) is 20.8. The number of ether oxygens (including phenoxy) is 3. The van der Waals surface area contributed by atoms with Crippen molar-refractivity contribution in [1.82, 2.24) is 5.32 Å². The molecule has 138 valence electrons. The molecule has 4 heteroatoms. The van der Waals surface area contributed by atoms with Crippen LogP contribution in [0.4, 0.5) is 0 Å². The Hall–Kier alpha value is -1.26. The lowest BCUT2D eigenvalue weighted by atomic mass is 9.92. The summed E-state index contributed by atoms with van der Waals surface area (Å²) >= 11 is 0. The second-order valence-corrected chi connectivity index (χ2v) is 5.80. The predicted octanol–water partition coefficient (Wildman–Crippen LogP) is 4.21. The van der Waals surface area contributed by atoms with Crippen LogP contribution in [0.1, 0.15) is 52.0 Å². The fourth-order valence-corrected chi connectivity index (χ4v) is 3.16. The number of benzene rings is 1. The van der Waals surface area contributed by atoms with Crippen molar-refractivity contribution in [3.8, 4) is 11.5 Å². The number of nitrogens with one attached hydrogen (secondary N) is 1. The third kappa shape index (κ3) is 6.33. The van der Waals surface area contributed by atoms with E-state index in [1.54, 1.807) is 14.2 Å². The molecule has 0 bridgehead atoms. The molecule has 0 aromatic heterocycles. The van der Waals surface area contributed by atoms with Gasteiger partial charge in [-0.05, 0) is 43.5 Å². The molecule has 0 amide bonds. The van der Waals surface area contributed by atoms with E-state index in [0.29, 0.717) is 12.1 Å². The molecule has 1 aliphatic carbocycles. The van der Waals surface area contributed by atoms with E-state index in [-0.39, 0.29) is 0 Å². The largest absolute Gasteiger partial charge is 0.493 e. The first-order valence-corrected chi connectivity index (χ1v) is 9.34. The Morgan fingerprint density at radius 3 is 2.42 bits per heavy atom. The molecule has 0 spiro atoms. The van der Waals surface area contributed by atoms with Gasteiger partial charge in [-0.1, -0.05) is 39.7 Å². The smallest absolute Gasteiger partial charge is 0.160 e. The molecule has 0 aliphatic heterocycles. The molecule has 1 aromatic carbocycles. The average molecular weight is 338 g/mol. The van der Waals surface area contributed by atoms with Crippen molar-refractivity contribution >= 4 is 0 Å². The molecule has 24 heavy (non-hydrogen) atoms. The first-order valence-electron chi connectivity index (χ1n) is 9.34. The lowest BCUT2D eigenvalue weighted by Gasteiger charge is -2.32. The van der Waals surface area contributed by atoms with Crippen LogP contribution in [0.25, 0.3) is 0 Å². The standard InChI is InChI=1S/C18H29NO3.C2H6/c1-4-19-15-7-5-6-8-16(15)22-12-11-14-9-10-17(20-2)18(13-14)21-3;1-2/h9-10,13,15-16,19H,4-8,11-12H2,1-3H3;1-2H3/t15?,16-;/m1./s1. The van der Waals surface area contributed by atoms with Crippen LogP contribution in [0.2, 0.25) is 0 Å². The van der Waals surface area contributed by atoms with Gasteiger partial charge in [-0.25, -0.2) is 0 Å². The predicted molar refractivity (Wildman–Crippen MR) is 100 cm³/mol. The second-order valence-electron chi connectivity index (χ2n) is 5.80. The molecule has 4 nitrogen and oxygen atoms in total. The molecule has 1 aromatic rings. The Bertz CT molecular complexity index is 449. The maximum Gasteiger partial charge on any atom is 0.160 e. The van der Waals surface area contributed by atoms with Crippen LogP contribution in [0.5, 0.6) is 11.5 Å². The minimum Gasteiger partial charge on any atom is -0.493 e. The van der Waals surface area contributed by atoms with Crippen molar-refractivity contribution in [1.29, 1.82) is 0 Å². The number of hydrogen-bond acceptors (Lipinski definition) is 4. The molecular formula is C20H35NO3. The Kier molecular flexibility index (Phi) is 10.5. The van der Waals surface area contributed by atoms with Gasteiger partial charge in [0.25, 0.3) is 0 Å². The Balaban J connectivity index is 0.00000139. The second kappa shape index (κ2) is 12.2. The van der Waals surface area contributed by atoms with Crippen molar-refractivity contribution in [3.63, 3.8) is 0 Å². The van der Waals surface area contributed by atoms with Crippen molar-refractivity contribution in [2.45, 2.75) is 65.0 Å². The summed E-state index contributed by atoms with van der Waals surface area (Å²) in [4.78, 5) is 0. The monoisotopic (exact) mass is 337 g/mol. The van der Waals surface area contributed by atoms with Gasteiger partial charge in [0, 0.05) is 6.04 Å². The highest BCUT2D eigenvalue weighted by molar-refractivity contribution is 5.42. The molecule has 1 N–H and O–H groups in total. The van der Waals surface area contributed by atoms with Gasteiger partial charge in [-0.2, -0.15) is 0 Å². The first-order chi connectivity index (χ1) is 11.8. The lowest BCUT2D eigenvalue weighted by Crippen LogP contribution is -2.43. The highest BCUT2D eigenvalue weighted by Crippen LogP contribution is 2.28. The molecule has 0 radical (unpaired) electrons. The normalized spacial score (nSPS) is 20.0. The van der Waals surface area contributed by atoms with Crippen molar-refractivity contribution in [3.05, 3.63) is 23.8 Å². The molecule has 0 heterocycles. The summed E-state index contributed by atoms with van der Waals surface area (Å²) in [6.07, 6.45) is 6.25. The Morgan fingerprint density at radius 2 is 1.75 bits per heavy atom. The molecular weight excluding hydrogens is 302 g/mol. The van der Waals surface area contributed by atoms with E-state index >= 15 is 0 Å². The number of hydrogen-bond donors (Lipinski definition) is 1. The highest BCUT2D eigenvalue weighted by Gasteiger charge is 2.24. The van der Waals surface area contributed by atoms with E-state index < -0.39 is 0 Å². The number of methoxy groups -OCH3 is 2. The third-order valence-electron chi connectivity index (χ3n) is 4.34. The summed E-state index contributed by atoms with van der Waals surface area (Å²) in [5.41, 5.74) is 1.22. The quantitative estimate of drug-likeness (QED) is 0.771. The fraction of sp³-hybridized carbons (Fsp3) is 0.700. The molecule has 1 aliphatic rings. The lowest BCUT2D eigenvalue weighted by molar-refractivity contribution is 0.00722. The van der Waals surface area contributed by atoms with Gasteiger partial charge in [0.2, 0.25) is 0 Å². The van der Waals surface area contributed by atoms with Crippen LogP contribution < -0.4 is 14.8 Å². The molecule has 1 saturated carbocycles. The van der Waals surface area contributed by atoms with Gasteiger partial charge in [0.05, 0.1) is 26.9 Å². The van der Waals surface area contributed by atoms with Gasteiger partial charge < -0.3 is 19.5 Å². The maximum atomic E-state index is 6.15. The van der Waals surface area contributed by atoms with Crippen molar-refractivity contribution < 1.29 is 14.2 Å². The zero-order valence-corrected chi connectivity index (χ0v) is 16.1. The zero-order valence-electron chi connectivity index (χ0n) is 16.1. The van der Waals surface area contributed by atoms with Crippen molar-refractivity contribution in [2.75, 3.05) is 27.4 Å². The molecule has 2 rings (SSSR count). The molecule has 0 saturated heterocycles. The SMILES string of the molecule is CC.CCNC1CCCC[C@H]1OCCc1ccc(OC)c(OC)c1. The number of rotatable bonds is 8. The average Bonchev–Trinajstić information content (AvgIpc) is 2.65. The van der Waals surface area contributed by atoms with Gasteiger partial charge in [0.15, 0.2) is 11.5 Å². The van der Waals surface area contributed by atoms with E-state index in [1.165, 1.54) is 31.2 Å². The van der Waals surface area contributed by atoms with Crippen LogP contribution in [0.3, 0.4) is 0 Å². The van der Waals surface area contributed by atoms with Crippen LogP contribution in [-0.4, -0.2) is 39.5 Å². The van der Waals surface area contributed by atoms with E-state index in [4.69, 9.17) is 14.2 Å². The van der Waals surface area contributed by atoms with Gasteiger partial charge in [0.1, 0.15) is 0 Å². The van der Waals surface area contributed by atoms with Crippen molar-refractivity contribution in [2.24, 2.45) is 0 Å². The summed E-state index contributed by atoms with van der Waals surface area (Å²) in [7, 11) is 3.33. The van der Waals surface area contributed by atoms with Gasteiger partial charge in [-0.15, -0.1) is 0 Å². The number of likely N-dealkylation sites (N-methyl/N-ethyl adjacent to an activating group) is 1. The van der Waals surface area contributed by atoms with E-state index in [0.717, 1.165) is 31.1 Å². The van der Waals surface area contributed by atoms with Crippen LogP contribution in [0.15, 0.2) is 18.2 Å². The summed E-state index contributed by atoms with van der Waals surface area (Å²) in [6, 6.07) is 6.58. The highest BCUT2D eigenvalue weighted by atomic mass is 16.5. The Morgan fingerprint density at radius 1 is 1.04 bits per heavy atom.